The Bertz CT molecular complexity index is 202. The van der Waals surface area contributed by atoms with Gasteiger partial charge in [-0.25, -0.2) is 0 Å². The molecule has 0 aromatic heterocycles. The topological polar surface area (TPSA) is 20.2 Å². The quantitative estimate of drug-likeness (QED) is 0.503. The van der Waals surface area contributed by atoms with Crippen molar-refractivity contribution in [3.05, 3.63) is 12.2 Å². The molecule has 0 aromatic rings. The van der Waals surface area contributed by atoms with E-state index in [0.29, 0.717) is 0 Å². The number of aliphatic hydroxyl groups excluding tert-OH is 1. The zero-order chi connectivity index (χ0) is 12.5. The molecule has 1 nitrogen and oxygen atoms in total. The van der Waals surface area contributed by atoms with Crippen molar-refractivity contribution in [2.75, 3.05) is 0 Å². The van der Waals surface area contributed by atoms with E-state index in [2.05, 4.69) is 26.0 Å². The molecule has 1 heteroatoms. The van der Waals surface area contributed by atoms with E-state index in [1.54, 1.807) is 0 Å². The van der Waals surface area contributed by atoms with Crippen molar-refractivity contribution in [2.24, 2.45) is 11.8 Å². The van der Waals surface area contributed by atoms with Crippen LogP contribution in [0.5, 0.6) is 0 Å². The molecule has 1 N–H and O–H groups in total. The number of hydrogen-bond acceptors (Lipinski definition) is 1. The third-order valence-electron chi connectivity index (χ3n) is 4.25. The summed E-state index contributed by atoms with van der Waals surface area (Å²) in [5.74, 6) is 1.81. The summed E-state index contributed by atoms with van der Waals surface area (Å²) in [4.78, 5) is 0. The minimum atomic E-state index is -0.00319. The van der Waals surface area contributed by atoms with Gasteiger partial charge in [0.2, 0.25) is 0 Å². The lowest BCUT2D eigenvalue weighted by Crippen LogP contribution is -2.24. The first-order valence-corrected chi connectivity index (χ1v) is 7.57. The SMILES string of the molecule is C/C=C/CCCC(CCC)C1CCC(O)CC1. The average Bonchev–Trinajstić information content (AvgIpc) is 2.34. The van der Waals surface area contributed by atoms with Gasteiger partial charge in [0, 0.05) is 0 Å². The van der Waals surface area contributed by atoms with Crippen LogP contribution in [0.3, 0.4) is 0 Å². The van der Waals surface area contributed by atoms with Gasteiger partial charge in [-0.2, -0.15) is 0 Å². The molecule has 1 rings (SSSR count). The zero-order valence-corrected chi connectivity index (χ0v) is 11.7. The second kappa shape index (κ2) is 8.74. The Kier molecular flexibility index (Phi) is 7.59. The van der Waals surface area contributed by atoms with E-state index in [1.807, 2.05) is 0 Å². The maximum Gasteiger partial charge on any atom is 0.0540 e. The molecule has 1 aliphatic carbocycles. The third kappa shape index (κ3) is 5.72. The molecule has 17 heavy (non-hydrogen) atoms. The molecule has 1 atom stereocenters. The van der Waals surface area contributed by atoms with E-state index in [4.69, 9.17) is 0 Å². The lowest BCUT2D eigenvalue weighted by molar-refractivity contribution is 0.0865. The Hall–Kier alpha value is -0.300. The Labute approximate surface area is 107 Å². The molecular weight excluding hydrogens is 208 g/mol. The van der Waals surface area contributed by atoms with Gasteiger partial charge in [-0.3, -0.25) is 0 Å². The standard InChI is InChI=1S/C16H30O/c1-3-5-6-7-9-14(8-4-2)15-10-12-16(17)13-11-15/h3,5,14-17H,4,6-13H2,1-2H3/b5-3+. The van der Waals surface area contributed by atoms with Gasteiger partial charge in [0.15, 0.2) is 0 Å². The van der Waals surface area contributed by atoms with E-state index < -0.39 is 0 Å². The van der Waals surface area contributed by atoms with Gasteiger partial charge in [0.1, 0.15) is 0 Å². The van der Waals surface area contributed by atoms with Gasteiger partial charge < -0.3 is 5.11 Å². The molecule has 1 unspecified atom stereocenters. The molecular formula is C16H30O. The summed E-state index contributed by atoms with van der Waals surface area (Å²) in [5, 5.41) is 9.58. The largest absolute Gasteiger partial charge is 0.393 e. The van der Waals surface area contributed by atoms with Crippen LogP contribution >= 0.6 is 0 Å². The second-order valence-corrected chi connectivity index (χ2v) is 5.62. The molecule has 0 aliphatic heterocycles. The molecule has 0 amide bonds. The molecule has 0 bridgehead atoms. The van der Waals surface area contributed by atoms with Crippen LogP contribution in [0.4, 0.5) is 0 Å². The predicted octanol–water partition coefficient (Wildman–Crippen LogP) is 4.70. The minimum absolute atomic E-state index is 0.00319. The zero-order valence-electron chi connectivity index (χ0n) is 11.7. The summed E-state index contributed by atoms with van der Waals surface area (Å²) >= 11 is 0. The Morgan fingerprint density at radius 3 is 2.47 bits per heavy atom. The van der Waals surface area contributed by atoms with Gasteiger partial charge >= 0.3 is 0 Å². The number of allylic oxidation sites excluding steroid dienone is 2. The van der Waals surface area contributed by atoms with Gasteiger partial charge in [0.05, 0.1) is 6.10 Å². The van der Waals surface area contributed by atoms with Crippen LogP contribution in [0.15, 0.2) is 12.2 Å². The first-order chi connectivity index (χ1) is 8.27. The van der Waals surface area contributed by atoms with E-state index in [0.717, 1.165) is 24.7 Å². The highest BCUT2D eigenvalue weighted by Gasteiger charge is 2.25. The maximum atomic E-state index is 9.58. The Balaban J connectivity index is 2.30. The molecule has 1 saturated carbocycles. The maximum absolute atomic E-state index is 9.58. The number of rotatable bonds is 7. The van der Waals surface area contributed by atoms with Gasteiger partial charge in [-0.05, 0) is 63.7 Å². The van der Waals surface area contributed by atoms with Gasteiger partial charge in [0.25, 0.3) is 0 Å². The van der Waals surface area contributed by atoms with E-state index >= 15 is 0 Å². The van der Waals surface area contributed by atoms with Crippen LogP contribution in [0.2, 0.25) is 0 Å². The first kappa shape index (κ1) is 14.8. The summed E-state index contributed by atoms with van der Waals surface area (Å²) < 4.78 is 0. The molecule has 0 aromatic carbocycles. The highest BCUT2D eigenvalue weighted by Crippen LogP contribution is 2.35. The summed E-state index contributed by atoms with van der Waals surface area (Å²) in [6.45, 7) is 4.41. The number of unbranched alkanes of at least 4 members (excludes halogenated alkanes) is 1. The minimum Gasteiger partial charge on any atom is -0.393 e. The van der Waals surface area contributed by atoms with Crippen molar-refractivity contribution < 1.29 is 5.11 Å². The van der Waals surface area contributed by atoms with Crippen molar-refractivity contribution in [1.29, 1.82) is 0 Å². The molecule has 1 aliphatic rings. The summed E-state index contributed by atoms with van der Waals surface area (Å²) in [6.07, 6.45) is 15.7. The third-order valence-corrected chi connectivity index (χ3v) is 4.25. The van der Waals surface area contributed by atoms with E-state index in [1.165, 1.54) is 44.9 Å². The Morgan fingerprint density at radius 2 is 1.88 bits per heavy atom. The highest BCUT2D eigenvalue weighted by atomic mass is 16.3. The smallest absolute Gasteiger partial charge is 0.0540 e. The van der Waals surface area contributed by atoms with E-state index in [9.17, 15) is 5.11 Å². The second-order valence-electron chi connectivity index (χ2n) is 5.62. The fraction of sp³-hybridized carbons (Fsp3) is 0.875. The summed E-state index contributed by atoms with van der Waals surface area (Å²) in [7, 11) is 0. The van der Waals surface area contributed by atoms with Crippen LogP contribution in [0, 0.1) is 11.8 Å². The molecule has 0 saturated heterocycles. The molecule has 0 radical (unpaired) electrons. The lowest BCUT2D eigenvalue weighted by atomic mass is 9.75. The fourth-order valence-corrected chi connectivity index (χ4v) is 3.22. The van der Waals surface area contributed by atoms with Crippen LogP contribution in [-0.2, 0) is 0 Å². The van der Waals surface area contributed by atoms with Crippen LogP contribution in [0.1, 0.15) is 71.6 Å². The molecule has 100 valence electrons. The first-order valence-electron chi connectivity index (χ1n) is 7.57. The molecule has 1 fully saturated rings. The summed E-state index contributed by atoms with van der Waals surface area (Å²) in [5.41, 5.74) is 0. The Morgan fingerprint density at radius 1 is 1.18 bits per heavy atom. The molecule has 0 heterocycles. The van der Waals surface area contributed by atoms with Crippen molar-refractivity contribution in [3.8, 4) is 0 Å². The average molecular weight is 238 g/mol. The monoisotopic (exact) mass is 238 g/mol. The van der Waals surface area contributed by atoms with Crippen LogP contribution < -0.4 is 0 Å². The van der Waals surface area contributed by atoms with Gasteiger partial charge in [-0.15, -0.1) is 0 Å². The van der Waals surface area contributed by atoms with Crippen LogP contribution in [0.25, 0.3) is 0 Å². The van der Waals surface area contributed by atoms with Crippen molar-refractivity contribution in [1.82, 2.24) is 0 Å². The molecule has 0 spiro atoms. The number of aliphatic hydroxyl groups is 1. The van der Waals surface area contributed by atoms with Crippen molar-refractivity contribution in [3.63, 3.8) is 0 Å². The fourth-order valence-electron chi connectivity index (χ4n) is 3.22. The highest BCUT2D eigenvalue weighted by molar-refractivity contribution is 4.80. The predicted molar refractivity (Wildman–Crippen MR) is 75.0 cm³/mol. The van der Waals surface area contributed by atoms with Crippen molar-refractivity contribution >= 4 is 0 Å². The van der Waals surface area contributed by atoms with Crippen molar-refractivity contribution in [2.45, 2.75) is 77.7 Å². The van der Waals surface area contributed by atoms with Crippen LogP contribution in [-0.4, -0.2) is 11.2 Å². The number of hydrogen-bond donors (Lipinski definition) is 1. The van der Waals surface area contributed by atoms with E-state index in [-0.39, 0.29) is 6.10 Å². The normalized spacial score (nSPS) is 27.5. The summed E-state index contributed by atoms with van der Waals surface area (Å²) in [6, 6.07) is 0. The van der Waals surface area contributed by atoms with Gasteiger partial charge in [-0.1, -0.05) is 31.9 Å². The lowest BCUT2D eigenvalue weighted by Gasteiger charge is -2.32.